The number of carbonyl (C=O) groups excluding carboxylic acids is 1. The van der Waals surface area contributed by atoms with Gasteiger partial charge in [-0.1, -0.05) is 13.0 Å². The van der Waals surface area contributed by atoms with Crippen molar-refractivity contribution >= 4 is 37.5 Å². The fourth-order valence-corrected chi connectivity index (χ4v) is 4.36. The molecule has 0 radical (unpaired) electrons. The van der Waals surface area contributed by atoms with Crippen LogP contribution in [0.1, 0.15) is 22.2 Å². The molecule has 3 rings (SSSR count). The van der Waals surface area contributed by atoms with Gasteiger partial charge in [0.2, 0.25) is 10.0 Å². The summed E-state index contributed by atoms with van der Waals surface area (Å²) >= 11 is 1.44. The summed E-state index contributed by atoms with van der Waals surface area (Å²) in [5.41, 5.74) is 2.30. The molecule has 2 N–H and O–H groups in total. The maximum absolute atomic E-state index is 12.5. The molecule has 146 valence electrons. The predicted molar refractivity (Wildman–Crippen MR) is 109 cm³/mol. The first-order valence-electron chi connectivity index (χ1n) is 8.37. The van der Waals surface area contributed by atoms with Gasteiger partial charge in [0.05, 0.1) is 10.3 Å². The molecule has 0 saturated heterocycles. The molecular formula is C18H18N4O4S2. The quantitative estimate of drug-likeness (QED) is 0.569. The zero-order chi connectivity index (χ0) is 20.3. The van der Waals surface area contributed by atoms with Crippen molar-refractivity contribution in [3.63, 3.8) is 0 Å². The van der Waals surface area contributed by atoms with E-state index >= 15 is 0 Å². The van der Waals surface area contributed by atoms with Crippen LogP contribution in [0, 0.1) is 0 Å². The van der Waals surface area contributed by atoms with Crippen molar-refractivity contribution in [3.8, 4) is 0 Å². The predicted octanol–water partition coefficient (Wildman–Crippen LogP) is 1.87. The van der Waals surface area contributed by atoms with E-state index in [2.05, 4.69) is 21.7 Å². The molecule has 1 amide bonds. The van der Waals surface area contributed by atoms with Crippen LogP contribution >= 0.6 is 11.3 Å². The van der Waals surface area contributed by atoms with E-state index in [9.17, 15) is 18.0 Å². The van der Waals surface area contributed by atoms with Crippen molar-refractivity contribution in [1.82, 2.24) is 14.4 Å². The Kier molecular flexibility index (Phi) is 5.73. The normalized spacial score (nSPS) is 11.5. The molecule has 0 atom stereocenters. The molecular weight excluding hydrogens is 400 g/mol. The van der Waals surface area contributed by atoms with E-state index in [-0.39, 0.29) is 22.6 Å². The molecule has 2 heterocycles. The first-order chi connectivity index (χ1) is 13.4. The Hall–Kier alpha value is -2.82. The summed E-state index contributed by atoms with van der Waals surface area (Å²) in [4.78, 5) is 30.8. The molecule has 8 nitrogen and oxygen atoms in total. The number of aryl methyl sites for hydroxylation is 1. The average molecular weight is 419 g/mol. The molecule has 0 spiro atoms. The van der Waals surface area contributed by atoms with Crippen LogP contribution in [0.15, 0.2) is 59.0 Å². The number of sulfonamides is 1. The summed E-state index contributed by atoms with van der Waals surface area (Å²) in [5, 5.41) is 0.444. The molecule has 3 aromatic rings. The number of rotatable bonds is 7. The number of amides is 1. The molecule has 10 heteroatoms. The number of benzene rings is 1. The number of thiophene rings is 1. The Morgan fingerprint density at radius 1 is 1.32 bits per heavy atom. The van der Waals surface area contributed by atoms with Crippen molar-refractivity contribution < 1.29 is 13.2 Å². The number of fused-ring (bicyclic) bond motifs is 1. The molecule has 0 bridgehead atoms. The van der Waals surface area contributed by atoms with Crippen LogP contribution in [-0.2, 0) is 16.4 Å². The van der Waals surface area contributed by atoms with E-state index in [1.54, 1.807) is 6.07 Å². The van der Waals surface area contributed by atoms with Crippen LogP contribution in [-0.4, -0.2) is 30.5 Å². The van der Waals surface area contributed by atoms with Crippen LogP contribution in [0.3, 0.4) is 0 Å². The van der Waals surface area contributed by atoms with Gasteiger partial charge < -0.3 is 0 Å². The fraction of sp³-hybridized carbons (Fsp3) is 0.167. The van der Waals surface area contributed by atoms with Crippen molar-refractivity contribution in [3.05, 3.63) is 70.1 Å². The van der Waals surface area contributed by atoms with Crippen molar-refractivity contribution in [2.45, 2.75) is 18.2 Å². The lowest BCUT2D eigenvalue weighted by molar-refractivity contribution is 0.101. The lowest BCUT2D eigenvalue weighted by atomic mass is 10.2. The first-order valence-corrected chi connectivity index (χ1v) is 10.7. The van der Waals surface area contributed by atoms with E-state index in [1.165, 1.54) is 48.0 Å². The number of hydrogen-bond acceptors (Lipinski definition) is 6. The number of hydrogen-bond donors (Lipinski definition) is 2. The summed E-state index contributed by atoms with van der Waals surface area (Å²) in [7, 11) is -3.67. The Bertz CT molecular complexity index is 1190. The maximum atomic E-state index is 12.5. The largest absolute Gasteiger partial charge is 0.280 e. The number of carbonyl (C=O) groups is 1. The number of nitrogens with one attached hydrogen (secondary N) is 2. The van der Waals surface area contributed by atoms with Crippen LogP contribution < -0.4 is 15.7 Å². The highest BCUT2D eigenvalue weighted by Gasteiger charge is 2.15. The third-order valence-corrected chi connectivity index (χ3v) is 6.54. The van der Waals surface area contributed by atoms with Crippen LogP contribution in [0.5, 0.6) is 0 Å². The van der Waals surface area contributed by atoms with Gasteiger partial charge in [-0.2, -0.15) is 0 Å². The van der Waals surface area contributed by atoms with E-state index in [4.69, 9.17) is 0 Å². The van der Waals surface area contributed by atoms with Gasteiger partial charge >= 0.3 is 0 Å². The summed E-state index contributed by atoms with van der Waals surface area (Å²) in [6, 6.07) is 7.14. The van der Waals surface area contributed by atoms with Gasteiger partial charge in [0.25, 0.3) is 11.5 Å². The number of nitrogens with zero attached hydrogens (tertiary/aromatic N) is 2. The zero-order valence-corrected chi connectivity index (χ0v) is 16.6. The van der Waals surface area contributed by atoms with Crippen molar-refractivity contribution in [1.29, 1.82) is 0 Å². The minimum Gasteiger partial charge on any atom is -0.267 e. The highest BCUT2D eigenvalue weighted by molar-refractivity contribution is 7.89. The Morgan fingerprint density at radius 3 is 2.68 bits per heavy atom. The molecule has 2 aromatic heterocycles. The van der Waals surface area contributed by atoms with Gasteiger partial charge in [0, 0.05) is 17.0 Å². The highest BCUT2D eigenvalue weighted by atomic mass is 32.2. The fourth-order valence-electron chi connectivity index (χ4n) is 2.44. The summed E-state index contributed by atoms with van der Waals surface area (Å²) in [6.45, 7) is 5.54. The van der Waals surface area contributed by atoms with Gasteiger partial charge in [-0.05, 0) is 36.8 Å². The van der Waals surface area contributed by atoms with Gasteiger partial charge in [0.1, 0.15) is 11.2 Å². The summed E-state index contributed by atoms with van der Waals surface area (Å²) < 4.78 is 27.5. The van der Waals surface area contributed by atoms with Crippen molar-refractivity contribution in [2.75, 3.05) is 12.0 Å². The molecule has 0 aliphatic carbocycles. The average Bonchev–Trinajstić information content (AvgIpc) is 3.13. The Balaban J connectivity index is 1.81. The third kappa shape index (κ3) is 4.03. The molecule has 0 fully saturated rings. The van der Waals surface area contributed by atoms with E-state index < -0.39 is 15.9 Å². The molecule has 28 heavy (non-hydrogen) atoms. The molecule has 1 aromatic carbocycles. The number of aromatic nitrogens is 2. The second-order valence-corrected chi connectivity index (χ2v) is 8.69. The Morgan fingerprint density at radius 2 is 2.04 bits per heavy atom. The van der Waals surface area contributed by atoms with E-state index in [0.29, 0.717) is 10.2 Å². The molecule has 0 unspecified atom stereocenters. The second-order valence-electron chi connectivity index (χ2n) is 5.81. The van der Waals surface area contributed by atoms with Gasteiger partial charge in [-0.15, -0.1) is 17.9 Å². The highest BCUT2D eigenvalue weighted by Crippen LogP contribution is 2.20. The van der Waals surface area contributed by atoms with Crippen LogP contribution in [0.2, 0.25) is 0 Å². The molecule has 0 saturated carbocycles. The van der Waals surface area contributed by atoms with E-state index in [1.807, 2.05) is 6.92 Å². The third-order valence-electron chi connectivity index (χ3n) is 3.92. The van der Waals surface area contributed by atoms with Gasteiger partial charge in [0.15, 0.2) is 0 Å². The van der Waals surface area contributed by atoms with Gasteiger partial charge in [-0.3, -0.25) is 15.0 Å². The standard InChI is InChI=1S/C18H18N4O4S2/c1-3-9-20-28(25,26)14-7-5-12(6-8-14)16(23)21-22-11-19-17-15(18(22)24)10-13(4-2)27-17/h3,5-8,10-11,20H,1,4,9H2,2H3,(H,21,23). The smallest absolute Gasteiger partial charge is 0.267 e. The first kappa shape index (κ1) is 19.9. The maximum Gasteiger partial charge on any atom is 0.280 e. The SMILES string of the molecule is C=CCNS(=O)(=O)c1ccc(C(=O)Nn2cnc3sc(CC)cc3c2=O)cc1. The lowest BCUT2D eigenvalue weighted by Crippen LogP contribution is -2.33. The monoisotopic (exact) mass is 418 g/mol. The second kappa shape index (κ2) is 8.05. The topological polar surface area (TPSA) is 110 Å². The minimum absolute atomic E-state index is 0.0246. The van der Waals surface area contributed by atoms with Crippen molar-refractivity contribution in [2.24, 2.45) is 0 Å². The van der Waals surface area contributed by atoms with E-state index in [0.717, 1.165) is 16.0 Å². The zero-order valence-electron chi connectivity index (χ0n) is 15.0. The van der Waals surface area contributed by atoms with Gasteiger partial charge in [-0.25, -0.2) is 22.8 Å². The lowest BCUT2D eigenvalue weighted by Gasteiger charge is -2.09. The Labute approximate surface area is 165 Å². The minimum atomic E-state index is -3.67. The molecule has 0 aliphatic rings. The van der Waals surface area contributed by atoms with Crippen LogP contribution in [0.25, 0.3) is 10.2 Å². The summed E-state index contributed by atoms with van der Waals surface area (Å²) in [6.07, 6.45) is 3.49. The molecule has 0 aliphatic heterocycles. The summed E-state index contributed by atoms with van der Waals surface area (Å²) in [5.74, 6) is -0.558. The van der Waals surface area contributed by atoms with Crippen LogP contribution in [0.4, 0.5) is 0 Å².